The molecular formula is C11H18N2O10. The summed E-state index contributed by atoms with van der Waals surface area (Å²) in [6.45, 7) is -1.49. The zero-order valence-electron chi connectivity index (χ0n) is 12.3. The Bertz CT molecular complexity index is 381. The molecule has 2 aliphatic heterocycles. The molecule has 2 fully saturated rings. The van der Waals surface area contributed by atoms with Crippen LogP contribution in [0.15, 0.2) is 0 Å². The topological polar surface area (TPSA) is 142 Å². The van der Waals surface area contributed by atoms with Gasteiger partial charge in [0.2, 0.25) is 0 Å². The molecule has 0 atom stereocenters. The number of rotatable bonds is 8. The molecule has 0 spiro atoms. The second-order valence-electron chi connectivity index (χ2n) is 5.41. The van der Waals surface area contributed by atoms with E-state index < -0.39 is 20.9 Å². The average Bonchev–Trinajstić information content (AvgIpc) is 2.56. The van der Waals surface area contributed by atoms with Crippen molar-refractivity contribution in [3.05, 3.63) is 20.2 Å². The zero-order chi connectivity index (χ0) is 16.8. The van der Waals surface area contributed by atoms with Crippen LogP contribution in [-0.2, 0) is 28.4 Å². The summed E-state index contributed by atoms with van der Waals surface area (Å²) in [4.78, 5) is 21.2. The SMILES string of the molecule is O=[N+]([O-])C1(COCOCC2([N+](=O)[O-])COCOC2)COCOC1. The van der Waals surface area contributed by atoms with Gasteiger partial charge in [-0.15, -0.1) is 0 Å². The van der Waals surface area contributed by atoms with E-state index in [0.29, 0.717) is 0 Å². The summed E-state index contributed by atoms with van der Waals surface area (Å²) in [5, 5.41) is 22.3. The first kappa shape index (κ1) is 17.9. The molecule has 12 heteroatoms. The van der Waals surface area contributed by atoms with Gasteiger partial charge in [-0.25, -0.2) is 0 Å². The smallest absolute Gasteiger partial charge is 0.290 e. The normalized spacial score (nSPS) is 23.3. The van der Waals surface area contributed by atoms with Crippen molar-refractivity contribution < 1.29 is 38.3 Å². The fraction of sp³-hybridized carbons (Fsp3) is 1.00. The first-order valence-corrected chi connectivity index (χ1v) is 6.76. The summed E-state index contributed by atoms with van der Waals surface area (Å²) < 4.78 is 30.0. The van der Waals surface area contributed by atoms with Crippen LogP contribution in [0.2, 0.25) is 0 Å². The second-order valence-corrected chi connectivity index (χ2v) is 5.41. The second kappa shape index (κ2) is 7.90. The highest BCUT2D eigenvalue weighted by molar-refractivity contribution is 4.81. The molecule has 0 aromatic carbocycles. The highest BCUT2D eigenvalue weighted by Gasteiger charge is 2.48. The third kappa shape index (κ3) is 4.31. The van der Waals surface area contributed by atoms with Gasteiger partial charge in [-0.3, -0.25) is 20.2 Å². The van der Waals surface area contributed by atoms with Crippen LogP contribution in [-0.4, -0.2) is 80.9 Å². The van der Waals surface area contributed by atoms with Gasteiger partial charge in [-0.2, -0.15) is 0 Å². The summed E-state index contributed by atoms with van der Waals surface area (Å²) >= 11 is 0. The molecule has 0 bridgehead atoms. The molecule has 0 N–H and O–H groups in total. The maximum absolute atomic E-state index is 11.1. The molecule has 0 aromatic rings. The van der Waals surface area contributed by atoms with E-state index >= 15 is 0 Å². The molecule has 0 aromatic heterocycles. The molecule has 0 amide bonds. The van der Waals surface area contributed by atoms with E-state index in [1.54, 1.807) is 0 Å². The predicted octanol–water partition coefficient (Wildman–Crippen LogP) is -0.983. The van der Waals surface area contributed by atoms with Gasteiger partial charge < -0.3 is 28.4 Å². The van der Waals surface area contributed by atoms with Gasteiger partial charge >= 0.3 is 0 Å². The minimum Gasteiger partial charge on any atom is -0.348 e. The molecule has 2 rings (SSSR count). The van der Waals surface area contributed by atoms with Gasteiger partial charge in [-0.05, 0) is 0 Å². The standard InChI is InChI=1S/C11H18N2O10/c14-12(15)10(1-18-7-19-2-10)5-22-9-23-6-11(13(16)17)3-20-8-21-4-11/h1-9H2. The van der Waals surface area contributed by atoms with Crippen LogP contribution in [0.4, 0.5) is 0 Å². The number of nitro groups is 2. The molecule has 2 heterocycles. The molecule has 0 saturated carbocycles. The Balaban J connectivity index is 1.75. The Labute approximate surface area is 130 Å². The molecule has 0 unspecified atom stereocenters. The highest BCUT2D eigenvalue weighted by atomic mass is 16.7. The van der Waals surface area contributed by atoms with E-state index in [9.17, 15) is 20.2 Å². The van der Waals surface area contributed by atoms with Crippen LogP contribution >= 0.6 is 0 Å². The summed E-state index contributed by atoms with van der Waals surface area (Å²) in [5.41, 5.74) is -3.00. The largest absolute Gasteiger partial charge is 0.348 e. The first-order chi connectivity index (χ1) is 11.0. The van der Waals surface area contributed by atoms with E-state index in [1.807, 2.05) is 0 Å². The predicted molar refractivity (Wildman–Crippen MR) is 69.8 cm³/mol. The van der Waals surface area contributed by atoms with E-state index in [2.05, 4.69) is 0 Å². The molecule has 0 radical (unpaired) electrons. The molecule has 23 heavy (non-hydrogen) atoms. The third-order valence-corrected chi connectivity index (χ3v) is 3.50. The number of hydrogen-bond acceptors (Lipinski definition) is 10. The maximum Gasteiger partial charge on any atom is 0.290 e. The Kier molecular flexibility index (Phi) is 6.15. The summed E-state index contributed by atoms with van der Waals surface area (Å²) in [6.07, 6.45) is 0. The van der Waals surface area contributed by atoms with Crippen molar-refractivity contribution in [3.8, 4) is 0 Å². The van der Waals surface area contributed by atoms with Gasteiger partial charge in [0.05, 0.1) is 0 Å². The van der Waals surface area contributed by atoms with Crippen molar-refractivity contribution in [1.29, 1.82) is 0 Å². The monoisotopic (exact) mass is 338 g/mol. The molecule has 132 valence electrons. The van der Waals surface area contributed by atoms with Crippen LogP contribution in [0.25, 0.3) is 0 Å². The van der Waals surface area contributed by atoms with Crippen molar-refractivity contribution in [1.82, 2.24) is 0 Å². The zero-order valence-corrected chi connectivity index (χ0v) is 12.3. The summed E-state index contributed by atoms with van der Waals surface area (Å²) in [6, 6.07) is 0. The quantitative estimate of drug-likeness (QED) is 0.234. The van der Waals surface area contributed by atoms with Crippen molar-refractivity contribution in [3.63, 3.8) is 0 Å². The van der Waals surface area contributed by atoms with Crippen LogP contribution in [0.5, 0.6) is 0 Å². The maximum atomic E-state index is 11.1. The molecular weight excluding hydrogens is 320 g/mol. The van der Waals surface area contributed by atoms with Crippen molar-refractivity contribution >= 4 is 0 Å². The van der Waals surface area contributed by atoms with Gasteiger partial charge in [0.15, 0.2) is 0 Å². The fourth-order valence-electron chi connectivity index (χ4n) is 2.13. The third-order valence-electron chi connectivity index (χ3n) is 3.50. The number of nitrogens with zero attached hydrogens (tertiary/aromatic N) is 2. The lowest BCUT2D eigenvalue weighted by Crippen LogP contribution is -2.55. The summed E-state index contributed by atoms with van der Waals surface area (Å²) in [5.74, 6) is 0. The average molecular weight is 338 g/mol. The van der Waals surface area contributed by atoms with E-state index in [1.165, 1.54) is 0 Å². The molecule has 0 aliphatic carbocycles. The van der Waals surface area contributed by atoms with Crippen LogP contribution in [0.1, 0.15) is 0 Å². The molecule has 2 aliphatic rings. The molecule has 2 saturated heterocycles. The first-order valence-electron chi connectivity index (χ1n) is 6.76. The highest BCUT2D eigenvalue weighted by Crippen LogP contribution is 2.18. The lowest BCUT2D eigenvalue weighted by Gasteiger charge is -2.29. The van der Waals surface area contributed by atoms with Crippen molar-refractivity contribution in [2.24, 2.45) is 0 Å². The minimum absolute atomic E-state index is 0.00254. The Morgan fingerprint density at radius 3 is 1.43 bits per heavy atom. The summed E-state index contributed by atoms with van der Waals surface area (Å²) in [7, 11) is 0. The van der Waals surface area contributed by atoms with Crippen LogP contribution < -0.4 is 0 Å². The van der Waals surface area contributed by atoms with Gasteiger partial charge in [0, 0.05) is 9.85 Å². The number of ether oxygens (including phenoxy) is 6. The Hall–Kier alpha value is -1.44. The van der Waals surface area contributed by atoms with Gasteiger partial charge in [-0.1, -0.05) is 0 Å². The van der Waals surface area contributed by atoms with E-state index in [4.69, 9.17) is 28.4 Å². The van der Waals surface area contributed by atoms with E-state index in [0.717, 1.165) is 0 Å². The fourth-order valence-corrected chi connectivity index (χ4v) is 2.13. The Morgan fingerprint density at radius 1 is 0.783 bits per heavy atom. The lowest BCUT2D eigenvalue weighted by atomic mass is 10.0. The van der Waals surface area contributed by atoms with Gasteiger partial charge in [0.25, 0.3) is 11.1 Å². The Morgan fingerprint density at radius 2 is 1.13 bits per heavy atom. The van der Waals surface area contributed by atoms with Crippen molar-refractivity contribution in [2.75, 3.05) is 60.0 Å². The minimum atomic E-state index is -1.50. The molecule has 12 nitrogen and oxygen atoms in total. The van der Waals surface area contributed by atoms with Crippen molar-refractivity contribution in [2.45, 2.75) is 11.1 Å². The van der Waals surface area contributed by atoms with Gasteiger partial charge in [0.1, 0.15) is 60.0 Å². The number of hydrogen-bond donors (Lipinski definition) is 0. The van der Waals surface area contributed by atoms with E-state index in [-0.39, 0.29) is 60.0 Å². The van der Waals surface area contributed by atoms with Crippen LogP contribution in [0, 0.1) is 20.2 Å². The van der Waals surface area contributed by atoms with Crippen LogP contribution in [0.3, 0.4) is 0 Å². The lowest BCUT2D eigenvalue weighted by molar-refractivity contribution is -0.595.